The minimum absolute atomic E-state index is 0.0294. The first-order chi connectivity index (χ1) is 16.7. The number of nitro benzene ring substituents is 1. The molecule has 0 bridgehead atoms. The zero-order valence-corrected chi connectivity index (χ0v) is 20.9. The number of halogens is 2. The summed E-state index contributed by atoms with van der Waals surface area (Å²) in [5.41, 5.74) is 1.23. The lowest BCUT2D eigenvalue weighted by atomic mass is 10.1. The maximum atomic E-state index is 13.0. The second-order valence-corrected chi connectivity index (χ2v) is 9.11. The maximum absolute atomic E-state index is 13.0. The van der Waals surface area contributed by atoms with Crippen molar-refractivity contribution in [1.82, 2.24) is 5.32 Å². The van der Waals surface area contributed by atoms with Crippen LogP contribution in [0.5, 0.6) is 5.75 Å². The number of carbonyl (C=O) groups is 3. The number of non-ortho nitro benzene ring substituents is 1. The zero-order valence-electron chi connectivity index (χ0n) is 17.7. The standard InChI is InChI=1S/C24H15Br2N3O6/c25-16-5-7-17(8-6-16)28-23(31)19(22(30)27-24(28)32)11-14-4-9-21(20(26)12-14)35-13-15-2-1-3-18(10-15)29(33)34/h1-12H,13H2,(H,27,30,32)/b19-11+. The molecular formula is C24H15Br2N3O6. The van der Waals surface area contributed by atoms with Gasteiger partial charge in [-0.3, -0.25) is 25.0 Å². The number of rotatable bonds is 6. The van der Waals surface area contributed by atoms with Crippen molar-refractivity contribution in [3.8, 4) is 5.75 Å². The average Bonchev–Trinajstić information content (AvgIpc) is 2.82. The van der Waals surface area contributed by atoms with E-state index < -0.39 is 22.8 Å². The molecule has 1 aliphatic heterocycles. The molecule has 1 aliphatic rings. The summed E-state index contributed by atoms with van der Waals surface area (Å²) >= 11 is 6.70. The third-order valence-corrected chi connectivity index (χ3v) is 6.12. The molecule has 0 aromatic heterocycles. The normalized spacial score (nSPS) is 14.7. The van der Waals surface area contributed by atoms with Crippen LogP contribution >= 0.6 is 31.9 Å². The fourth-order valence-electron chi connectivity index (χ4n) is 3.29. The van der Waals surface area contributed by atoms with Crippen molar-refractivity contribution in [1.29, 1.82) is 0 Å². The van der Waals surface area contributed by atoms with Crippen LogP contribution in [-0.4, -0.2) is 22.8 Å². The number of nitrogens with one attached hydrogen (secondary N) is 1. The fraction of sp³-hybridized carbons (Fsp3) is 0.0417. The number of urea groups is 1. The summed E-state index contributed by atoms with van der Waals surface area (Å²) in [7, 11) is 0. The lowest BCUT2D eigenvalue weighted by Gasteiger charge is -2.26. The molecule has 0 saturated carbocycles. The molecule has 1 N–H and O–H groups in total. The fourth-order valence-corrected chi connectivity index (χ4v) is 4.07. The molecule has 1 fully saturated rings. The first-order valence-electron chi connectivity index (χ1n) is 10.1. The number of nitrogens with zero attached hydrogens (tertiary/aromatic N) is 2. The molecule has 3 aromatic rings. The highest BCUT2D eigenvalue weighted by molar-refractivity contribution is 9.10. The van der Waals surface area contributed by atoms with Crippen molar-refractivity contribution >= 4 is 67.2 Å². The molecule has 3 aromatic carbocycles. The number of hydrogen-bond acceptors (Lipinski definition) is 6. The van der Waals surface area contributed by atoms with Gasteiger partial charge in [0, 0.05) is 16.6 Å². The molecule has 4 amide bonds. The Balaban J connectivity index is 1.54. The summed E-state index contributed by atoms with van der Waals surface area (Å²) in [6.45, 7) is 0.103. The van der Waals surface area contributed by atoms with E-state index in [2.05, 4.69) is 37.2 Å². The summed E-state index contributed by atoms with van der Waals surface area (Å²) in [4.78, 5) is 49.1. The first kappa shape index (κ1) is 24.3. The number of benzene rings is 3. The number of imide groups is 2. The predicted molar refractivity (Wildman–Crippen MR) is 135 cm³/mol. The van der Waals surface area contributed by atoms with Crippen LogP contribution in [0.15, 0.2) is 81.2 Å². The SMILES string of the molecule is O=C1NC(=O)N(c2ccc(Br)cc2)C(=O)/C1=C/c1ccc(OCc2cccc([N+](=O)[O-])c2)c(Br)c1. The van der Waals surface area contributed by atoms with Crippen LogP contribution in [0.1, 0.15) is 11.1 Å². The summed E-state index contributed by atoms with van der Waals surface area (Å²) < 4.78 is 7.07. The Morgan fingerprint density at radius 1 is 1.00 bits per heavy atom. The van der Waals surface area contributed by atoms with E-state index in [4.69, 9.17) is 4.74 Å². The van der Waals surface area contributed by atoms with Gasteiger partial charge in [0.15, 0.2) is 0 Å². The van der Waals surface area contributed by atoms with Gasteiger partial charge in [0.2, 0.25) is 0 Å². The Kier molecular flexibility index (Phi) is 7.08. The second-order valence-electron chi connectivity index (χ2n) is 7.34. The van der Waals surface area contributed by atoms with Gasteiger partial charge in [-0.05, 0) is 69.5 Å². The van der Waals surface area contributed by atoms with E-state index in [0.717, 1.165) is 9.37 Å². The smallest absolute Gasteiger partial charge is 0.335 e. The minimum atomic E-state index is -0.828. The monoisotopic (exact) mass is 599 g/mol. The van der Waals surface area contributed by atoms with Gasteiger partial charge in [0.05, 0.1) is 15.1 Å². The summed E-state index contributed by atoms with van der Waals surface area (Å²) in [6.07, 6.45) is 1.38. The summed E-state index contributed by atoms with van der Waals surface area (Å²) in [6, 6.07) is 16.7. The molecule has 176 valence electrons. The van der Waals surface area contributed by atoms with E-state index in [1.165, 1.54) is 18.2 Å². The van der Waals surface area contributed by atoms with Crippen molar-refractivity contribution in [2.24, 2.45) is 0 Å². The second kappa shape index (κ2) is 10.2. The number of carbonyl (C=O) groups excluding carboxylic acids is 3. The topological polar surface area (TPSA) is 119 Å². The Bertz CT molecular complexity index is 1390. The van der Waals surface area contributed by atoms with Crippen LogP contribution in [0.4, 0.5) is 16.2 Å². The van der Waals surface area contributed by atoms with E-state index >= 15 is 0 Å². The van der Waals surface area contributed by atoms with E-state index in [1.807, 2.05) is 0 Å². The molecule has 1 heterocycles. The van der Waals surface area contributed by atoms with Crippen LogP contribution in [0.25, 0.3) is 6.08 Å². The predicted octanol–water partition coefficient (Wildman–Crippen LogP) is 5.37. The molecule has 0 spiro atoms. The van der Waals surface area contributed by atoms with Crippen LogP contribution in [0, 0.1) is 10.1 Å². The lowest BCUT2D eigenvalue weighted by molar-refractivity contribution is -0.384. The third-order valence-electron chi connectivity index (χ3n) is 4.97. The molecule has 9 nitrogen and oxygen atoms in total. The molecule has 1 saturated heterocycles. The molecule has 11 heteroatoms. The Morgan fingerprint density at radius 3 is 2.43 bits per heavy atom. The van der Waals surface area contributed by atoms with Crippen molar-refractivity contribution in [2.45, 2.75) is 6.61 Å². The quantitative estimate of drug-likeness (QED) is 0.176. The third kappa shape index (κ3) is 5.47. The van der Waals surface area contributed by atoms with E-state index in [-0.39, 0.29) is 17.9 Å². The largest absolute Gasteiger partial charge is 0.488 e. The summed E-state index contributed by atoms with van der Waals surface area (Å²) in [5.74, 6) is -1.08. The number of anilines is 1. The van der Waals surface area contributed by atoms with Gasteiger partial charge in [0.1, 0.15) is 17.9 Å². The van der Waals surface area contributed by atoms with Crippen molar-refractivity contribution in [3.05, 3.63) is 102 Å². The zero-order chi connectivity index (χ0) is 25.1. The number of hydrogen-bond donors (Lipinski definition) is 1. The minimum Gasteiger partial charge on any atom is -0.488 e. The molecule has 0 radical (unpaired) electrons. The van der Waals surface area contributed by atoms with Crippen molar-refractivity contribution in [2.75, 3.05) is 4.90 Å². The highest BCUT2D eigenvalue weighted by Crippen LogP contribution is 2.29. The molecular weight excluding hydrogens is 586 g/mol. The number of nitro groups is 1. The van der Waals surface area contributed by atoms with Crippen molar-refractivity contribution in [3.63, 3.8) is 0 Å². The van der Waals surface area contributed by atoms with Gasteiger partial charge < -0.3 is 4.74 Å². The molecule has 0 aliphatic carbocycles. The molecule has 4 rings (SSSR count). The molecule has 0 unspecified atom stereocenters. The lowest BCUT2D eigenvalue weighted by Crippen LogP contribution is -2.54. The van der Waals surface area contributed by atoms with Gasteiger partial charge in [-0.15, -0.1) is 0 Å². The average molecular weight is 601 g/mol. The first-order valence-corrected chi connectivity index (χ1v) is 11.6. The van der Waals surface area contributed by atoms with Gasteiger partial charge in [0.25, 0.3) is 17.5 Å². The van der Waals surface area contributed by atoms with Gasteiger partial charge in [-0.25, -0.2) is 9.69 Å². The van der Waals surface area contributed by atoms with Crippen LogP contribution in [-0.2, 0) is 16.2 Å². The highest BCUT2D eigenvalue weighted by Gasteiger charge is 2.36. The Hall–Kier alpha value is -3.83. The summed E-state index contributed by atoms with van der Waals surface area (Å²) in [5, 5.41) is 13.1. The number of barbiturate groups is 1. The van der Waals surface area contributed by atoms with E-state index in [0.29, 0.717) is 27.0 Å². The van der Waals surface area contributed by atoms with E-state index in [9.17, 15) is 24.5 Å². The molecule has 0 atom stereocenters. The van der Waals surface area contributed by atoms with E-state index in [1.54, 1.807) is 54.6 Å². The van der Waals surface area contributed by atoms with Crippen molar-refractivity contribution < 1.29 is 24.0 Å². The maximum Gasteiger partial charge on any atom is 0.335 e. The van der Waals surface area contributed by atoms with Gasteiger partial charge >= 0.3 is 6.03 Å². The number of ether oxygens (including phenoxy) is 1. The molecule has 35 heavy (non-hydrogen) atoms. The highest BCUT2D eigenvalue weighted by atomic mass is 79.9. The Labute approximate surface area is 215 Å². The van der Waals surface area contributed by atoms with Crippen LogP contribution < -0.4 is 15.0 Å². The van der Waals surface area contributed by atoms with Gasteiger partial charge in [-0.1, -0.05) is 34.1 Å². The Morgan fingerprint density at radius 2 is 1.74 bits per heavy atom. The van der Waals surface area contributed by atoms with Crippen LogP contribution in [0.2, 0.25) is 0 Å². The van der Waals surface area contributed by atoms with Crippen LogP contribution in [0.3, 0.4) is 0 Å². The number of amides is 4. The van der Waals surface area contributed by atoms with Gasteiger partial charge in [-0.2, -0.15) is 0 Å².